The highest BCUT2D eigenvalue weighted by molar-refractivity contribution is 5.90. The highest BCUT2D eigenvalue weighted by atomic mass is 16.3. The minimum atomic E-state index is 0.0122. The van der Waals surface area contributed by atoms with Gasteiger partial charge in [-0.1, -0.05) is 13.0 Å². The van der Waals surface area contributed by atoms with E-state index in [1.165, 1.54) is 0 Å². The summed E-state index contributed by atoms with van der Waals surface area (Å²) in [6, 6.07) is 11.4. The second kappa shape index (κ2) is 5.91. The third-order valence-corrected chi connectivity index (χ3v) is 2.51. The van der Waals surface area contributed by atoms with Gasteiger partial charge in [-0.25, -0.2) is 0 Å². The fourth-order valence-corrected chi connectivity index (χ4v) is 1.56. The van der Waals surface area contributed by atoms with Gasteiger partial charge in [0.1, 0.15) is 5.76 Å². The molecule has 4 nitrogen and oxygen atoms in total. The Kier molecular flexibility index (Phi) is 4.02. The number of hydrogen-bond donors (Lipinski definition) is 2. The third-order valence-electron chi connectivity index (χ3n) is 2.51. The zero-order valence-corrected chi connectivity index (χ0v) is 10.3. The molecule has 1 heterocycles. The van der Waals surface area contributed by atoms with Crippen molar-refractivity contribution in [2.75, 3.05) is 10.6 Å². The van der Waals surface area contributed by atoms with Crippen molar-refractivity contribution in [3.63, 3.8) is 0 Å². The molecule has 0 bridgehead atoms. The molecule has 0 atom stereocenters. The van der Waals surface area contributed by atoms with Gasteiger partial charge in [0.15, 0.2) is 0 Å². The number of amides is 1. The van der Waals surface area contributed by atoms with Gasteiger partial charge in [0.05, 0.1) is 12.8 Å². The topological polar surface area (TPSA) is 54.3 Å². The summed E-state index contributed by atoms with van der Waals surface area (Å²) in [5.74, 6) is 0.885. The molecule has 1 amide bonds. The minimum absolute atomic E-state index is 0.0122. The molecule has 0 fully saturated rings. The molecule has 0 saturated carbocycles. The fourth-order valence-electron chi connectivity index (χ4n) is 1.56. The molecule has 18 heavy (non-hydrogen) atoms. The van der Waals surface area contributed by atoms with Crippen LogP contribution in [0.25, 0.3) is 0 Å². The van der Waals surface area contributed by atoms with Crippen LogP contribution >= 0.6 is 0 Å². The number of carbonyl (C=O) groups is 1. The lowest BCUT2D eigenvalue weighted by atomic mass is 10.2. The molecular formula is C14H16N2O2. The molecule has 0 unspecified atom stereocenters. The number of nitrogens with one attached hydrogen (secondary N) is 2. The number of rotatable bonds is 5. The van der Waals surface area contributed by atoms with Crippen LogP contribution in [0.2, 0.25) is 0 Å². The molecule has 2 aromatic rings. The van der Waals surface area contributed by atoms with Crippen molar-refractivity contribution in [2.24, 2.45) is 0 Å². The van der Waals surface area contributed by atoms with Gasteiger partial charge in [-0.15, -0.1) is 0 Å². The highest BCUT2D eigenvalue weighted by Gasteiger charge is 2.00. The molecule has 2 N–H and O–H groups in total. The monoisotopic (exact) mass is 244 g/mol. The molecule has 0 aliphatic rings. The maximum Gasteiger partial charge on any atom is 0.224 e. The summed E-state index contributed by atoms with van der Waals surface area (Å²) in [5.41, 5.74) is 1.74. The van der Waals surface area contributed by atoms with E-state index in [2.05, 4.69) is 10.6 Å². The minimum Gasteiger partial charge on any atom is -0.467 e. The summed E-state index contributed by atoms with van der Waals surface area (Å²) in [4.78, 5) is 11.3. The first-order valence-electron chi connectivity index (χ1n) is 5.94. The second-order valence-corrected chi connectivity index (χ2v) is 3.92. The van der Waals surface area contributed by atoms with Gasteiger partial charge in [-0.3, -0.25) is 4.79 Å². The standard InChI is InChI=1S/C14H16N2O2/c1-2-14(17)16-12-6-3-5-11(9-12)15-10-13-7-4-8-18-13/h3-9,15H,2,10H2,1H3,(H,16,17). The zero-order chi connectivity index (χ0) is 12.8. The van der Waals surface area contributed by atoms with Gasteiger partial charge in [-0.2, -0.15) is 0 Å². The number of furan rings is 1. The van der Waals surface area contributed by atoms with E-state index in [1.54, 1.807) is 6.26 Å². The Balaban J connectivity index is 1.96. The van der Waals surface area contributed by atoms with Crippen LogP contribution in [0.5, 0.6) is 0 Å². The number of carbonyl (C=O) groups excluding carboxylic acids is 1. The summed E-state index contributed by atoms with van der Waals surface area (Å²) < 4.78 is 5.24. The maximum absolute atomic E-state index is 11.3. The summed E-state index contributed by atoms with van der Waals surface area (Å²) >= 11 is 0. The van der Waals surface area contributed by atoms with E-state index < -0.39 is 0 Å². The Hall–Kier alpha value is -2.23. The molecule has 1 aromatic carbocycles. The molecule has 94 valence electrons. The average Bonchev–Trinajstić information content (AvgIpc) is 2.90. The first kappa shape index (κ1) is 12.2. The third kappa shape index (κ3) is 3.38. The van der Waals surface area contributed by atoms with Crippen molar-refractivity contribution in [1.82, 2.24) is 0 Å². The summed E-state index contributed by atoms with van der Waals surface area (Å²) in [6.45, 7) is 2.45. The molecule has 2 rings (SSSR count). The van der Waals surface area contributed by atoms with E-state index in [9.17, 15) is 4.79 Å². The Morgan fingerprint density at radius 3 is 2.78 bits per heavy atom. The van der Waals surface area contributed by atoms with Crippen LogP contribution < -0.4 is 10.6 Å². The predicted molar refractivity (Wildman–Crippen MR) is 71.4 cm³/mol. The molecule has 0 aliphatic carbocycles. The van der Waals surface area contributed by atoms with Crippen LogP contribution in [0.3, 0.4) is 0 Å². The van der Waals surface area contributed by atoms with Crippen molar-refractivity contribution in [3.8, 4) is 0 Å². The van der Waals surface area contributed by atoms with Crippen LogP contribution in [0, 0.1) is 0 Å². The van der Waals surface area contributed by atoms with Gasteiger partial charge in [0.25, 0.3) is 0 Å². The summed E-state index contributed by atoms with van der Waals surface area (Å²) in [5, 5.41) is 6.06. The van der Waals surface area contributed by atoms with Crippen LogP contribution in [0.1, 0.15) is 19.1 Å². The molecular weight excluding hydrogens is 228 g/mol. The highest BCUT2D eigenvalue weighted by Crippen LogP contribution is 2.16. The Bertz CT molecular complexity index is 506. The number of anilines is 2. The van der Waals surface area contributed by atoms with Crippen LogP contribution in [0.15, 0.2) is 47.1 Å². The van der Waals surface area contributed by atoms with Crippen molar-refractivity contribution in [1.29, 1.82) is 0 Å². The van der Waals surface area contributed by atoms with Crippen LogP contribution in [-0.2, 0) is 11.3 Å². The van der Waals surface area contributed by atoms with E-state index >= 15 is 0 Å². The van der Waals surface area contributed by atoms with E-state index in [4.69, 9.17) is 4.42 Å². The lowest BCUT2D eigenvalue weighted by Gasteiger charge is -2.08. The number of hydrogen-bond acceptors (Lipinski definition) is 3. The summed E-state index contributed by atoms with van der Waals surface area (Å²) in [6.07, 6.45) is 2.12. The van der Waals surface area contributed by atoms with Gasteiger partial charge in [0, 0.05) is 17.8 Å². The molecule has 0 radical (unpaired) electrons. The van der Waals surface area contributed by atoms with E-state index in [-0.39, 0.29) is 5.91 Å². The Labute approximate surface area is 106 Å². The molecule has 1 aromatic heterocycles. The molecule has 0 saturated heterocycles. The van der Waals surface area contributed by atoms with Crippen LogP contribution in [-0.4, -0.2) is 5.91 Å². The van der Waals surface area contributed by atoms with Gasteiger partial charge in [0.2, 0.25) is 5.91 Å². The Morgan fingerprint density at radius 1 is 1.22 bits per heavy atom. The SMILES string of the molecule is CCC(=O)Nc1cccc(NCc2ccco2)c1. The number of benzene rings is 1. The molecule has 0 aliphatic heterocycles. The van der Waals surface area contributed by atoms with Gasteiger partial charge in [-0.05, 0) is 30.3 Å². The first-order valence-corrected chi connectivity index (χ1v) is 5.94. The molecule has 4 heteroatoms. The fraction of sp³-hybridized carbons (Fsp3) is 0.214. The van der Waals surface area contributed by atoms with Crippen LogP contribution in [0.4, 0.5) is 11.4 Å². The van der Waals surface area contributed by atoms with Gasteiger partial charge < -0.3 is 15.1 Å². The molecule has 0 spiro atoms. The lowest BCUT2D eigenvalue weighted by Crippen LogP contribution is -2.09. The lowest BCUT2D eigenvalue weighted by molar-refractivity contribution is -0.115. The van der Waals surface area contributed by atoms with Crippen molar-refractivity contribution in [3.05, 3.63) is 48.4 Å². The summed E-state index contributed by atoms with van der Waals surface area (Å²) in [7, 11) is 0. The maximum atomic E-state index is 11.3. The largest absolute Gasteiger partial charge is 0.467 e. The predicted octanol–water partition coefficient (Wildman–Crippen LogP) is 3.24. The van der Waals surface area contributed by atoms with Gasteiger partial charge >= 0.3 is 0 Å². The average molecular weight is 244 g/mol. The normalized spacial score (nSPS) is 10.1. The smallest absolute Gasteiger partial charge is 0.224 e. The Morgan fingerprint density at radius 2 is 2.06 bits per heavy atom. The quantitative estimate of drug-likeness (QED) is 0.849. The first-order chi connectivity index (χ1) is 8.78. The van der Waals surface area contributed by atoms with Crippen molar-refractivity contribution in [2.45, 2.75) is 19.9 Å². The van der Waals surface area contributed by atoms with Crippen molar-refractivity contribution >= 4 is 17.3 Å². The zero-order valence-electron chi connectivity index (χ0n) is 10.3. The van der Waals surface area contributed by atoms with E-state index in [1.807, 2.05) is 43.3 Å². The second-order valence-electron chi connectivity index (χ2n) is 3.92. The van der Waals surface area contributed by atoms with E-state index in [0.717, 1.165) is 17.1 Å². The van der Waals surface area contributed by atoms with E-state index in [0.29, 0.717) is 13.0 Å². The van der Waals surface area contributed by atoms with Crippen molar-refractivity contribution < 1.29 is 9.21 Å².